The summed E-state index contributed by atoms with van der Waals surface area (Å²) in [7, 11) is 3.94. The summed E-state index contributed by atoms with van der Waals surface area (Å²) >= 11 is 0. The second kappa shape index (κ2) is 7.40. The van der Waals surface area contributed by atoms with Gasteiger partial charge in [0.05, 0.1) is 11.7 Å². The molecule has 0 bridgehead atoms. The van der Waals surface area contributed by atoms with Crippen LogP contribution >= 0.6 is 0 Å². The number of benzene rings is 1. The van der Waals surface area contributed by atoms with Gasteiger partial charge in [0, 0.05) is 18.8 Å². The number of aryl methyl sites for hydroxylation is 2. The van der Waals surface area contributed by atoms with E-state index in [9.17, 15) is 4.79 Å². The van der Waals surface area contributed by atoms with Gasteiger partial charge in [0.15, 0.2) is 0 Å². The minimum Gasteiger partial charge on any atom is -0.339 e. The van der Waals surface area contributed by atoms with E-state index in [2.05, 4.69) is 22.8 Å². The molecule has 0 radical (unpaired) electrons. The van der Waals surface area contributed by atoms with Gasteiger partial charge in [0.1, 0.15) is 6.04 Å². The van der Waals surface area contributed by atoms with Gasteiger partial charge in [-0.15, -0.1) is 0 Å². The van der Waals surface area contributed by atoms with Crippen molar-refractivity contribution in [1.82, 2.24) is 19.6 Å². The molecule has 2 atom stereocenters. The van der Waals surface area contributed by atoms with E-state index in [1.165, 1.54) is 5.69 Å². The smallest absolute Gasteiger partial charge is 0.244 e. The Bertz CT molecular complexity index is 723. The highest BCUT2D eigenvalue weighted by molar-refractivity contribution is 5.83. The van der Waals surface area contributed by atoms with Gasteiger partial charge in [-0.3, -0.25) is 14.4 Å². The van der Waals surface area contributed by atoms with E-state index in [0.717, 1.165) is 37.2 Å². The maximum absolute atomic E-state index is 13.3. The van der Waals surface area contributed by atoms with Crippen LogP contribution in [0.25, 0.3) is 0 Å². The van der Waals surface area contributed by atoms with Crippen LogP contribution in [0.1, 0.15) is 41.9 Å². The van der Waals surface area contributed by atoms with Gasteiger partial charge in [-0.2, -0.15) is 5.10 Å². The number of aromatic nitrogens is 2. The number of rotatable bonds is 4. The van der Waals surface area contributed by atoms with Gasteiger partial charge in [-0.1, -0.05) is 30.3 Å². The van der Waals surface area contributed by atoms with Crippen molar-refractivity contribution >= 4 is 5.91 Å². The fourth-order valence-electron chi connectivity index (χ4n) is 3.84. The topological polar surface area (TPSA) is 41.4 Å². The maximum atomic E-state index is 13.3. The molecule has 1 aromatic carbocycles. The van der Waals surface area contributed by atoms with Gasteiger partial charge in [-0.25, -0.2) is 0 Å². The third-order valence-corrected chi connectivity index (χ3v) is 4.96. The van der Waals surface area contributed by atoms with Crippen LogP contribution in [0.4, 0.5) is 0 Å². The standard InChI is InChI=1S/C20H28N4O/c1-15-13-16(2)24(21-15)18-11-8-12-23(14-18)20(25)19(22(3)4)17-9-6-5-7-10-17/h5-7,9-10,13,18-19H,8,11-12,14H2,1-4H3. The third-order valence-electron chi connectivity index (χ3n) is 4.96. The number of amides is 1. The zero-order chi connectivity index (χ0) is 18.0. The summed E-state index contributed by atoms with van der Waals surface area (Å²) in [6, 6.07) is 12.2. The summed E-state index contributed by atoms with van der Waals surface area (Å²) in [4.78, 5) is 17.3. The second-order valence-electron chi connectivity index (χ2n) is 7.23. The summed E-state index contributed by atoms with van der Waals surface area (Å²) < 4.78 is 2.10. The average Bonchev–Trinajstić information content (AvgIpc) is 2.94. The van der Waals surface area contributed by atoms with Crippen molar-refractivity contribution in [3.8, 4) is 0 Å². The highest BCUT2D eigenvalue weighted by Gasteiger charge is 2.32. The molecule has 2 aromatic rings. The first-order chi connectivity index (χ1) is 12.0. The SMILES string of the molecule is Cc1cc(C)n(C2CCCN(C(=O)C(c3ccccc3)N(C)C)C2)n1. The minimum absolute atomic E-state index is 0.183. The van der Waals surface area contributed by atoms with Crippen LogP contribution in [-0.4, -0.2) is 52.7 Å². The molecule has 0 saturated carbocycles. The summed E-state index contributed by atoms with van der Waals surface area (Å²) in [5.41, 5.74) is 3.26. The Hall–Kier alpha value is -2.14. The lowest BCUT2D eigenvalue weighted by Gasteiger charge is -2.37. The summed E-state index contributed by atoms with van der Waals surface area (Å²) in [6.07, 6.45) is 2.09. The Morgan fingerprint density at radius 1 is 1.24 bits per heavy atom. The van der Waals surface area contributed by atoms with Crippen LogP contribution in [0.3, 0.4) is 0 Å². The largest absolute Gasteiger partial charge is 0.339 e. The van der Waals surface area contributed by atoms with Crippen LogP contribution in [-0.2, 0) is 4.79 Å². The van der Waals surface area contributed by atoms with Gasteiger partial charge < -0.3 is 4.90 Å². The first-order valence-corrected chi connectivity index (χ1v) is 9.00. The number of carbonyl (C=O) groups is 1. The molecule has 1 aliphatic heterocycles. The number of hydrogen-bond acceptors (Lipinski definition) is 3. The first-order valence-electron chi connectivity index (χ1n) is 9.00. The summed E-state index contributed by atoms with van der Waals surface area (Å²) in [6.45, 7) is 5.67. The van der Waals surface area contributed by atoms with E-state index in [1.807, 2.05) is 61.2 Å². The minimum atomic E-state index is -0.236. The molecule has 25 heavy (non-hydrogen) atoms. The van der Waals surface area contributed by atoms with Crippen LogP contribution < -0.4 is 0 Å². The predicted octanol–water partition coefficient (Wildman–Crippen LogP) is 2.97. The number of likely N-dealkylation sites (N-methyl/N-ethyl adjacent to an activating group) is 1. The lowest BCUT2D eigenvalue weighted by atomic mass is 10.0. The van der Waals surface area contributed by atoms with Crippen molar-refractivity contribution in [1.29, 1.82) is 0 Å². The fourth-order valence-corrected chi connectivity index (χ4v) is 3.84. The predicted molar refractivity (Wildman–Crippen MR) is 99.4 cm³/mol. The van der Waals surface area contributed by atoms with Crippen molar-refractivity contribution < 1.29 is 4.79 Å². The van der Waals surface area contributed by atoms with Crippen LogP contribution in [0.2, 0.25) is 0 Å². The Labute approximate surface area is 150 Å². The lowest BCUT2D eigenvalue weighted by molar-refractivity contribution is -0.138. The van der Waals surface area contributed by atoms with E-state index in [4.69, 9.17) is 0 Å². The molecule has 2 unspecified atom stereocenters. The molecule has 0 N–H and O–H groups in total. The second-order valence-corrected chi connectivity index (χ2v) is 7.23. The highest BCUT2D eigenvalue weighted by atomic mass is 16.2. The monoisotopic (exact) mass is 340 g/mol. The lowest BCUT2D eigenvalue weighted by Crippen LogP contribution is -2.46. The van der Waals surface area contributed by atoms with Gasteiger partial charge >= 0.3 is 0 Å². The molecule has 1 fully saturated rings. The Balaban J connectivity index is 1.80. The molecule has 0 aliphatic carbocycles. The van der Waals surface area contributed by atoms with Gasteiger partial charge in [0.25, 0.3) is 0 Å². The molecular formula is C20H28N4O. The van der Waals surface area contributed by atoms with Crippen molar-refractivity contribution in [2.75, 3.05) is 27.2 Å². The first kappa shape index (κ1) is 17.7. The number of piperidine rings is 1. The number of carbonyl (C=O) groups excluding carboxylic acids is 1. The van der Waals surface area contributed by atoms with Crippen LogP contribution in [0.5, 0.6) is 0 Å². The van der Waals surface area contributed by atoms with Crippen LogP contribution in [0.15, 0.2) is 36.4 Å². The van der Waals surface area contributed by atoms with E-state index in [1.54, 1.807) is 0 Å². The molecule has 1 aromatic heterocycles. The number of likely N-dealkylation sites (tertiary alicyclic amines) is 1. The van der Waals surface area contributed by atoms with E-state index >= 15 is 0 Å². The molecule has 1 aliphatic rings. The highest BCUT2D eigenvalue weighted by Crippen LogP contribution is 2.27. The van der Waals surface area contributed by atoms with E-state index < -0.39 is 0 Å². The molecule has 1 amide bonds. The van der Waals surface area contributed by atoms with E-state index in [-0.39, 0.29) is 18.0 Å². The molecule has 1 saturated heterocycles. The fraction of sp³-hybridized carbons (Fsp3) is 0.500. The quantitative estimate of drug-likeness (QED) is 0.859. The molecule has 0 spiro atoms. The third kappa shape index (κ3) is 3.76. The van der Waals surface area contributed by atoms with Crippen molar-refractivity contribution in [3.05, 3.63) is 53.3 Å². The number of nitrogens with zero attached hydrogens (tertiary/aromatic N) is 4. The molecule has 3 rings (SSSR count). The normalized spacial score (nSPS) is 19.2. The maximum Gasteiger partial charge on any atom is 0.244 e. The Kier molecular flexibility index (Phi) is 5.23. The molecule has 5 heteroatoms. The van der Waals surface area contributed by atoms with Gasteiger partial charge in [-0.05, 0) is 52.4 Å². The number of hydrogen-bond donors (Lipinski definition) is 0. The zero-order valence-corrected chi connectivity index (χ0v) is 15.6. The van der Waals surface area contributed by atoms with Crippen molar-refractivity contribution in [2.24, 2.45) is 0 Å². The average molecular weight is 340 g/mol. The van der Waals surface area contributed by atoms with Crippen molar-refractivity contribution in [2.45, 2.75) is 38.8 Å². The zero-order valence-electron chi connectivity index (χ0n) is 15.6. The summed E-state index contributed by atoms with van der Waals surface area (Å²) in [5.74, 6) is 0.183. The molecular weight excluding hydrogens is 312 g/mol. The molecule has 134 valence electrons. The molecule has 2 heterocycles. The summed E-state index contributed by atoms with van der Waals surface area (Å²) in [5, 5.41) is 4.63. The van der Waals surface area contributed by atoms with E-state index in [0.29, 0.717) is 0 Å². The Morgan fingerprint density at radius 2 is 1.96 bits per heavy atom. The van der Waals surface area contributed by atoms with Crippen molar-refractivity contribution in [3.63, 3.8) is 0 Å². The molecule has 5 nitrogen and oxygen atoms in total. The van der Waals surface area contributed by atoms with Crippen LogP contribution in [0, 0.1) is 13.8 Å². The Morgan fingerprint density at radius 3 is 2.56 bits per heavy atom. The van der Waals surface area contributed by atoms with Gasteiger partial charge in [0.2, 0.25) is 5.91 Å².